The molecule has 4 heteroatoms. The van der Waals surface area contributed by atoms with Crippen molar-refractivity contribution in [1.82, 2.24) is 0 Å². The van der Waals surface area contributed by atoms with Crippen molar-refractivity contribution in [2.75, 3.05) is 0 Å². The zero-order valence-electron chi connectivity index (χ0n) is 40.6. The van der Waals surface area contributed by atoms with E-state index in [0.29, 0.717) is 23.2 Å². The molecule has 344 valence electrons. The van der Waals surface area contributed by atoms with Crippen molar-refractivity contribution in [3.8, 4) is 0 Å². The minimum atomic E-state index is 0.388. The van der Waals surface area contributed by atoms with Crippen LogP contribution in [0.4, 0.5) is 0 Å². The zero-order chi connectivity index (χ0) is 43.1. The van der Waals surface area contributed by atoms with Gasteiger partial charge in [-0.1, -0.05) is 285 Å². The van der Waals surface area contributed by atoms with Gasteiger partial charge in [0.25, 0.3) is 0 Å². The standard InChI is InChI=1S/C56H98N2O2/c1-5-9-13-17-21-25-27-31-35-39-43-49(41-37-33-29-23-19-15-11-7-3)45-51-55-53(47-59)58-52(56(55)54(48-60)57-51)46-50(42-38-34-30-24-20-16-12-8-4)44-40-36-32-28-26-22-18-14-10-6-2/h49-50H,5-46H2,1-4H3. The van der Waals surface area contributed by atoms with E-state index >= 15 is 0 Å². The van der Waals surface area contributed by atoms with Gasteiger partial charge in [-0.2, -0.15) is 0 Å². The number of carbonyl (C=O) groups excluding carboxylic acids is 2. The molecule has 0 saturated heterocycles. The summed E-state index contributed by atoms with van der Waals surface area (Å²) < 4.78 is 0. The number of allylic oxidation sites excluding steroid dienone is 2. The first-order valence-electron chi connectivity index (χ1n) is 27.0. The Kier molecular flexibility index (Phi) is 34.8. The Hall–Kier alpha value is -2.02. The molecule has 0 aliphatic carbocycles. The lowest BCUT2D eigenvalue weighted by Crippen LogP contribution is -2.12. The molecule has 0 fully saturated rings. The van der Waals surface area contributed by atoms with Crippen molar-refractivity contribution in [3.05, 3.63) is 22.5 Å². The molecule has 0 amide bonds. The molecule has 2 rings (SSSR count). The van der Waals surface area contributed by atoms with Gasteiger partial charge in [0.05, 0.1) is 11.4 Å². The second-order valence-corrected chi connectivity index (χ2v) is 19.4. The molecule has 2 unspecified atom stereocenters. The van der Waals surface area contributed by atoms with Gasteiger partial charge in [-0.3, -0.25) is 0 Å². The number of unbranched alkanes of at least 4 members (excludes halogenated alkanes) is 32. The van der Waals surface area contributed by atoms with E-state index in [2.05, 4.69) is 39.6 Å². The van der Waals surface area contributed by atoms with E-state index in [1.807, 2.05) is 0 Å². The summed E-state index contributed by atoms with van der Waals surface area (Å²) >= 11 is 0. The lowest BCUT2D eigenvalue weighted by Gasteiger charge is -2.18. The fraction of sp³-hybridized carbons (Fsp3) is 0.857. The molecule has 2 heterocycles. The van der Waals surface area contributed by atoms with Crippen molar-refractivity contribution < 1.29 is 9.59 Å². The van der Waals surface area contributed by atoms with Crippen molar-refractivity contribution in [1.29, 1.82) is 0 Å². The van der Waals surface area contributed by atoms with Crippen LogP contribution in [0.3, 0.4) is 0 Å². The highest BCUT2D eigenvalue weighted by atomic mass is 16.1. The summed E-state index contributed by atoms with van der Waals surface area (Å²) in [4.78, 5) is 35.1. The van der Waals surface area contributed by atoms with Gasteiger partial charge in [0, 0.05) is 11.1 Å². The molecule has 0 saturated carbocycles. The van der Waals surface area contributed by atoms with Gasteiger partial charge in [-0.05, 0) is 24.7 Å². The number of hydrogen-bond acceptors (Lipinski definition) is 4. The minimum absolute atomic E-state index is 0.388. The van der Waals surface area contributed by atoms with Gasteiger partial charge in [0.2, 0.25) is 0 Å². The van der Waals surface area contributed by atoms with Crippen molar-refractivity contribution in [3.63, 3.8) is 0 Å². The molecule has 0 aromatic heterocycles. The normalized spacial score (nSPS) is 14.7. The van der Waals surface area contributed by atoms with Gasteiger partial charge in [0.15, 0.2) is 23.3 Å². The quantitative estimate of drug-likeness (QED) is 0.0454. The third kappa shape index (κ3) is 25.2. The second-order valence-electron chi connectivity index (χ2n) is 19.4. The van der Waals surface area contributed by atoms with E-state index < -0.39 is 0 Å². The van der Waals surface area contributed by atoms with Crippen LogP contribution in [0.25, 0.3) is 0 Å². The third-order valence-electron chi connectivity index (χ3n) is 13.8. The van der Waals surface area contributed by atoms with Crippen LogP contribution in [0.2, 0.25) is 0 Å². The minimum Gasteiger partial charge on any atom is -0.240 e. The summed E-state index contributed by atoms with van der Waals surface area (Å²) in [5.74, 6) is 5.47. The fourth-order valence-corrected chi connectivity index (χ4v) is 9.95. The maximum atomic E-state index is 12.6. The van der Waals surface area contributed by atoms with Gasteiger partial charge >= 0.3 is 0 Å². The van der Waals surface area contributed by atoms with Gasteiger partial charge in [-0.15, -0.1) is 0 Å². The lowest BCUT2D eigenvalue weighted by atomic mass is 9.85. The molecule has 0 N–H and O–H groups in total. The Labute approximate surface area is 373 Å². The molecule has 0 aromatic carbocycles. The predicted molar refractivity (Wildman–Crippen MR) is 264 cm³/mol. The van der Waals surface area contributed by atoms with Crippen LogP contribution in [-0.4, -0.2) is 23.3 Å². The lowest BCUT2D eigenvalue weighted by molar-refractivity contribution is 0.412. The maximum absolute atomic E-state index is 12.6. The Morgan fingerprint density at radius 3 is 0.717 bits per heavy atom. The first-order valence-corrected chi connectivity index (χ1v) is 27.0. The molecule has 4 nitrogen and oxygen atoms in total. The van der Waals surface area contributed by atoms with Crippen molar-refractivity contribution >= 4 is 23.3 Å². The fourth-order valence-electron chi connectivity index (χ4n) is 9.95. The number of hydrogen-bond donors (Lipinski definition) is 0. The molecule has 0 bridgehead atoms. The average molecular weight is 831 g/mol. The zero-order valence-corrected chi connectivity index (χ0v) is 40.6. The molecule has 60 heavy (non-hydrogen) atoms. The first kappa shape index (κ1) is 54.1. The van der Waals surface area contributed by atoms with Crippen LogP contribution in [0.5, 0.6) is 0 Å². The number of rotatable bonds is 44. The van der Waals surface area contributed by atoms with Crippen LogP contribution in [0.1, 0.15) is 297 Å². The summed E-state index contributed by atoms with van der Waals surface area (Å²) in [5.41, 5.74) is 4.24. The van der Waals surface area contributed by atoms with E-state index in [0.717, 1.165) is 35.4 Å². The Balaban J connectivity index is 2.07. The smallest absolute Gasteiger partial charge is 0.157 e. The molecule has 2 aliphatic heterocycles. The monoisotopic (exact) mass is 831 g/mol. The Bertz CT molecular complexity index is 1170. The van der Waals surface area contributed by atoms with Gasteiger partial charge < -0.3 is 0 Å². The van der Waals surface area contributed by atoms with E-state index in [1.165, 1.54) is 257 Å². The molecule has 0 aromatic rings. The molecular formula is C56H98N2O2. The molecular weight excluding hydrogens is 733 g/mol. The van der Waals surface area contributed by atoms with Crippen LogP contribution >= 0.6 is 0 Å². The van der Waals surface area contributed by atoms with Crippen LogP contribution in [-0.2, 0) is 9.59 Å². The summed E-state index contributed by atoms with van der Waals surface area (Å²) in [5, 5.41) is 0. The molecule has 0 spiro atoms. The van der Waals surface area contributed by atoms with Crippen LogP contribution in [0, 0.1) is 11.8 Å². The Morgan fingerprint density at radius 1 is 0.317 bits per heavy atom. The first-order chi connectivity index (χ1) is 29.6. The predicted octanol–water partition coefficient (Wildman–Crippen LogP) is 18.3. The van der Waals surface area contributed by atoms with Crippen molar-refractivity contribution in [2.45, 2.75) is 297 Å². The highest BCUT2D eigenvalue weighted by Crippen LogP contribution is 2.40. The summed E-state index contributed by atoms with van der Waals surface area (Å²) in [6.45, 7) is 9.16. The summed E-state index contributed by atoms with van der Waals surface area (Å²) in [7, 11) is 0. The highest BCUT2D eigenvalue weighted by Gasteiger charge is 2.37. The molecule has 2 atom stereocenters. The summed E-state index contributed by atoms with van der Waals surface area (Å²) in [6.07, 6.45) is 54.7. The maximum Gasteiger partial charge on any atom is 0.157 e. The highest BCUT2D eigenvalue weighted by molar-refractivity contribution is 6.24. The summed E-state index contributed by atoms with van der Waals surface area (Å²) in [6, 6.07) is 0. The second kappa shape index (κ2) is 38.6. The molecule has 0 radical (unpaired) electrons. The number of aliphatic imine (C=N–C) groups is 2. The largest absolute Gasteiger partial charge is 0.240 e. The number of nitrogens with zero attached hydrogens (tertiary/aromatic N) is 2. The van der Waals surface area contributed by atoms with E-state index in [4.69, 9.17) is 9.98 Å². The van der Waals surface area contributed by atoms with E-state index in [1.54, 1.807) is 0 Å². The van der Waals surface area contributed by atoms with Crippen LogP contribution in [0.15, 0.2) is 32.5 Å². The van der Waals surface area contributed by atoms with E-state index in [-0.39, 0.29) is 0 Å². The SMILES string of the molecule is CCCCCCCCCCCCC(CCCCCCCCCC)CC1=NC(=C=O)C2=C1C(=C=O)N=C2CC(CCCCCCCCCC)CCCCCCCCCCCC. The van der Waals surface area contributed by atoms with E-state index in [9.17, 15) is 9.59 Å². The Morgan fingerprint density at radius 2 is 0.517 bits per heavy atom. The van der Waals surface area contributed by atoms with Crippen LogP contribution < -0.4 is 0 Å². The molecule has 2 aliphatic rings. The van der Waals surface area contributed by atoms with Gasteiger partial charge in [0.1, 0.15) is 0 Å². The van der Waals surface area contributed by atoms with Crippen molar-refractivity contribution in [2.24, 2.45) is 21.8 Å². The third-order valence-corrected chi connectivity index (χ3v) is 13.8. The average Bonchev–Trinajstić information content (AvgIpc) is 3.81. The topological polar surface area (TPSA) is 58.9 Å². The van der Waals surface area contributed by atoms with Gasteiger partial charge in [-0.25, -0.2) is 19.6 Å².